The summed E-state index contributed by atoms with van der Waals surface area (Å²) in [5.41, 5.74) is 1.62. The van der Waals surface area contributed by atoms with Crippen LogP contribution in [0.5, 0.6) is 0 Å². The van der Waals surface area contributed by atoms with E-state index >= 15 is 0 Å². The number of sulfonamides is 1. The predicted molar refractivity (Wildman–Crippen MR) is 108 cm³/mol. The van der Waals surface area contributed by atoms with Gasteiger partial charge in [-0.2, -0.15) is 8.42 Å². The lowest BCUT2D eigenvalue weighted by molar-refractivity contribution is 0.0517. The van der Waals surface area contributed by atoms with Crippen molar-refractivity contribution in [1.82, 2.24) is 4.98 Å². The second-order valence-corrected chi connectivity index (χ2v) is 7.82. The number of carbonyl (C=O) groups excluding carboxylic acids is 1. The van der Waals surface area contributed by atoms with Crippen LogP contribution in [0.25, 0.3) is 0 Å². The molecule has 0 N–H and O–H groups in total. The van der Waals surface area contributed by atoms with Crippen molar-refractivity contribution in [1.29, 1.82) is 0 Å². The number of rotatable bonds is 5. The van der Waals surface area contributed by atoms with Crippen molar-refractivity contribution in [2.45, 2.75) is 4.90 Å². The highest BCUT2D eigenvalue weighted by atomic mass is 32.2. The van der Waals surface area contributed by atoms with Crippen LogP contribution < -0.4 is 4.90 Å². The Bertz CT molecular complexity index is 1160. The van der Waals surface area contributed by atoms with Crippen LogP contribution in [0.3, 0.4) is 0 Å². The van der Waals surface area contributed by atoms with Crippen molar-refractivity contribution < 1.29 is 17.9 Å². The van der Waals surface area contributed by atoms with E-state index in [1.807, 2.05) is 30.3 Å². The quantitative estimate of drug-likeness (QED) is 0.604. The molecule has 2 heterocycles. The Morgan fingerprint density at radius 2 is 1.72 bits per heavy atom. The maximum Gasteiger partial charge on any atom is 0.339 e. The van der Waals surface area contributed by atoms with Crippen LogP contribution in [0.15, 0.2) is 88.4 Å². The number of ether oxygens (including phenoxy) is 1. The van der Waals surface area contributed by atoms with Crippen LogP contribution in [0.2, 0.25) is 0 Å². The van der Waals surface area contributed by atoms with Gasteiger partial charge in [-0.15, -0.1) is 4.40 Å². The fraction of sp³-hybridized carbons (Fsp3) is 0.0952. The lowest BCUT2D eigenvalue weighted by Gasteiger charge is -2.24. The average Bonchev–Trinajstić information content (AvgIpc) is 3.03. The van der Waals surface area contributed by atoms with Gasteiger partial charge in [0.25, 0.3) is 10.0 Å². The molecule has 1 aromatic heterocycles. The number of nitrogens with zero attached hydrogens (tertiary/aromatic N) is 3. The first kappa shape index (κ1) is 18.8. The second-order valence-electron chi connectivity index (χ2n) is 6.25. The molecule has 1 aliphatic heterocycles. The number of benzene rings is 2. The number of esters is 1. The van der Waals surface area contributed by atoms with Crippen LogP contribution in [-0.2, 0) is 14.8 Å². The molecule has 8 heteroatoms. The summed E-state index contributed by atoms with van der Waals surface area (Å²) < 4.78 is 34.3. The maximum atomic E-state index is 12.5. The minimum atomic E-state index is -3.76. The number of hydrogen-bond donors (Lipinski definition) is 0. The summed E-state index contributed by atoms with van der Waals surface area (Å²) in [6, 6.07) is 19.2. The zero-order chi connectivity index (χ0) is 20.3. The summed E-state index contributed by atoms with van der Waals surface area (Å²) in [7, 11) is -3.76. The van der Waals surface area contributed by atoms with Gasteiger partial charge in [0.05, 0.1) is 12.1 Å². The van der Waals surface area contributed by atoms with Gasteiger partial charge in [0, 0.05) is 23.6 Å². The molecule has 0 saturated carbocycles. The Hall–Kier alpha value is -3.52. The van der Waals surface area contributed by atoms with Crippen molar-refractivity contribution in [2.24, 2.45) is 4.40 Å². The molecule has 0 saturated heterocycles. The van der Waals surface area contributed by atoms with E-state index in [4.69, 9.17) is 4.74 Å². The maximum absolute atomic E-state index is 12.5. The van der Waals surface area contributed by atoms with Crippen LogP contribution in [0, 0.1) is 0 Å². The summed E-state index contributed by atoms with van der Waals surface area (Å²) in [5.74, 6) is -0.184. The minimum Gasteiger partial charge on any atom is -0.460 e. The van der Waals surface area contributed by atoms with E-state index in [0.29, 0.717) is 17.0 Å². The third-order valence-corrected chi connectivity index (χ3v) is 5.71. The Morgan fingerprint density at radius 1 is 0.966 bits per heavy atom. The molecule has 0 unspecified atom stereocenters. The molecule has 3 aromatic rings. The standard InChI is InChI=1S/C21H17N3O4S/c25-21(16-7-6-12-22-15-16)28-14-13-24(17-8-2-1-3-9-17)20-18-10-4-5-11-19(18)29(26,27)23-20/h1-12,15H,13-14H2. The molecule has 2 aromatic carbocycles. The Morgan fingerprint density at radius 3 is 2.48 bits per heavy atom. The molecular weight excluding hydrogens is 390 g/mol. The summed E-state index contributed by atoms with van der Waals surface area (Å²) in [6.07, 6.45) is 3.01. The zero-order valence-electron chi connectivity index (χ0n) is 15.3. The monoisotopic (exact) mass is 407 g/mol. The number of para-hydroxylation sites is 1. The number of aromatic nitrogens is 1. The van der Waals surface area contributed by atoms with E-state index in [2.05, 4.69) is 9.38 Å². The van der Waals surface area contributed by atoms with Crippen molar-refractivity contribution in [3.05, 3.63) is 90.3 Å². The molecule has 0 atom stereocenters. The predicted octanol–water partition coefficient (Wildman–Crippen LogP) is 2.89. The molecule has 29 heavy (non-hydrogen) atoms. The van der Waals surface area contributed by atoms with Gasteiger partial charge in [-0.25, -0.2) is 4.79 Å². The van der Waals surface area contributed by atoms with Gasteiger partial charge in [0.2, 0.25) is 0 Å². The van der Waals surface area contributed by atoms with Crippen molar-refractivity contribution in [3.63, 3.8) is 0 Å². The van der Waals surface area contributed by atoms with Gasteiger partial charge in [-0.05, 0) is 36.4 Å². The largest absolute Gasteiger partial charge is 0.460 e. The molecule has 0 fully saturated rings. The normalized spacial score (nSPS) is 14.0. The van der Waals surface area contributed by atoms with Crippen LogP contribution in [0.1, 0.15) is 15.9 Å². The van der Waals surface area contributed by atoms with Crippen LogP contribution in [0.4, 0.5) is 5.69 Å². The fourth-order valence-electron chi connectivity index (χ4n) is 3.04. The van der Waals surface area contributed by atoms with Gasteiger partial charge < -0.3 is 9.64 Å². The van der Waals surface area contributed by atoms with Gasteiger partial charge in [-0.1, -0.05) is 30.3 Å². The molecule has 7 nitrogen and oxygen atoms in total. The highest BCUT2D eigenvalue weighted by Gasteiger charge is 2.32. The highest BCUT2D eigenvalue weighted by Crippen LogP contribution is 2.29. The third-order valence-electron chi connectivity index (χ3n) is 4.38. The fourth-order valence-corrected chi connectivity index (χ4v) is 4.26. The Balaban J connectivity index is 1.60. The van der Waals surface area contributed by atoms with E-state index in [9.17, 15) is 13.2 Å². The SMILES string of the molecule is O=C(OCCN(C1=NS(=O)(=O)c2ccccc21)c1ccccc1)c1cccnc1. The first-order valence-electron chi connectivity index (χ1n) is 8.90. The second kappa shape index (κ2) is 7.84. The number of amidine groups is 1. The molecule has 0 aliphatic carbocycles. The molecule has 0 bridgehead atoms. The summed E-state index contributed by atoms with van der Waals surface area (Å²) in [6.45, 7) is 0.280. The summed E-state index contributed by atoms with van der Waals surface area (Å²) in [5, 5.41) is 0. The van der Waals surface area contributed by atoms with Gasteiger partial charge in [0.1, 0.15) is 11.5 Å². The lowest BCUT2D eigenvalue weighted by Crippen LogP contribution is -2.34. The summed E-state index contributed by atoms with van der Waals surface area (Å²) in [4.78, 5) is 18.0. The van der Waals surface area contributed by atoms with E-state index in [1.165, 1.54) is 12.3 Å². The van der Waals surface area contributed by atoms with Gasteiger partial charge in [0.15, 0.2) is 5.84 Å². The van der Waals surface area contributed by atoms with Gasteiger partial charge in [-0.3, -0.25) is 4.98 Å². The third kappa shape index (κ3) is 3.88. The van der Waals surface area contributed by atoms with Crippen LogP contribution in [-0.4, -0.2) is 38.4 Å². The highest BCUT2D eigenvalue weighted by molar-refractivity contribution is 7.90. The van der Waals surface area contributed by atoms with Gasteiger partial charge >= 0.3 is 5.97 Å². The number of fused-ring (bicyclic) bond motifs is 1. The van der Waals surface area contributed by atoms with E-state index in [0.717, 1.165) is 5.69 Å². The topological polar surface area (TPSA) is 88.9 Å². The molecular formula is C21H17N3O4S. The number of carbonyl (C=O) groups is 1. The van der Waals surface area contributed by atoms with Crippen molar-refractivity contribution in [3.8, 4) is 0 Å². The average molecular weight is 407 g/mol. The summed E-state index contributed by atoms with van der Waals surface area (Å²) >= 11 is 0. The smallest absolute Gasteiger partial charge is 0.339 e. The molecule has 146 valence electrons. The zero-order valence-corrected chi connectivity index (χ0v) is 16.1. The molecule has 4 rings (SSSR count). The Labute approximate surface area is 168 Å². The molecule has 0 spiro atoms. The van der Waals surface area contributed by atoms with E-state index in [-0.39, 0.29) is 18.0 Å². The van der Waals surface area contributed by atoms with Crippen LogP contribution >= 0.6 is 0 Å². The van der Waals surface area contributed by atoms with E-state index < -0.39 is 16.0 Å². The molecule has 0 radical (unpaired) electrons. The molecule has 1 aliphatic rings. The number of hydrogen-bond acceptors (Lipinski definition) is 6. The number of pyridine rings is 1. The first-order valence-corrected chi connectivity index (χ1v) is 10.3. The van der Waals surface area contributed by atoms with Crippen molar-refractivity contribution >= 4 is 27.5 Å². The first-order chi connectivity index (χ1) is 14.1. The van der Waals surface area contributed by atoms with E-state index in [1.54, 1.807) is 41.4 Å². The Kier molecular flexibility index (Phi) is 5.09. The van der Waals surface area contributed by atoms with Crippen molar-refractivity contribution in [2.75, 3.05) is 18.1 Å². The minimum absolute atomic E-state index is 0.0455. The molecule has 0 amide bonds. The lowest BCUT2D eigenvalue weighted by atomic mass is 10.1. The number of anilines is 1.